The van der Waals surface area contributed by atoms with Crippen molar-refractivity contribution in [3.63, 3.8) is 0 Å². The zero-order valence-electron chi connectivity index (χ0n) is 12.7. The summed E-state index contributed by atoms with van der Waals surface area (Å²) in [5, 5.41) is 6.86. The number of piperidine rings is 1. The van der Waals surface area contributed by atoms with Crippen LogP contribution in [0, 0.1) is 0 Å². The fourth-order valence-corrected chi connectivity index (χ4v) is 2.69. The lowest BCUT2D eigenvalue weighted by Crippen LogP contribution is -2.48. The maximum Gasteiger partial charge on any atom is 0.273 e. The lowest BCUT2D eigenvalue weighted by atomic mass is 10.1. The van der Waals surface area contributed by atoms with Gasteiger partial charge < -0.3 is 14.7 Å². The van der Waals surface area contributed by atoms with Crippen LogP contribution in [0.5, 0.6) is 0 Å². The number of aromatic nitrogens is 2. The van der Waals surface area contributed by atoms with Crippen LogP contribution in [0.15, 0.2) is 35.0 Å². The monoisotopic (exact) mass is 300 g/mol. The number of hydrogen-bond donors (Lipinski definition) is 1. The average Bonchev–Trinajstić information content (AvgIpc) is 3.05. The smallest absolute Gasteiger partial charge is 0.273 e. The summed E-state index contributed by atoms with van der Waals surface area (Å²) in [6.07, 6.45) is 4.52. The molecule has 22 heavy (non-hydrogen) atoms. The fourth-order valence-electron chi connectivity index (χ4n) is 2.69. The molecule has 3 rings (SSSR count). The summed E-state index contributed by atoms with van der Waals surface area (Å²) in [5.41, 5.74) is 0.354. The van der Waals surface area contributed by atoms with Crippen molar-refractivity contribution in [2.75, 3.05) is 18.0 Å². The van der Waals surface area contributed by atoms with Gasteiger partial charge in [-0.1, -0.05) is 18.1 Å². The minimum Gasteiger partial charge on any atom is -0.361 e. The first kappa shape index (κ1) is 14.6. The first-order chi connectivity index (χ1) is 10.8. The third-order valence-electron chi connectivity index (χ3n) is 3.87. The second-order valence-corrected chi connectivity index (χ2v) is 5.48. The Bertz CT molecular complexity index is 626. The highest BCUT2D eigenvalue weighted by atomic mass is 16.5. The first-order valence-electron chi connectivity index (χ1n) is 7.68. The number of carbonyl (C=O) groups excluding carboxylic acids is 1. The molecule has 0 bridgehead atoms. The van der Waals surface area contributed by atoms with Crippen LogP contribution >= 0.6 is 0 Å². The van der Waals surface area contributed by atoms with Gasteiger partial charge >= 0.3 is 0 Å². The minimum absolute atomic E-state index is 0.102. The van der Waals surface area contributed by atoms with E-state index in [1.165, 1.54) is 0 Å². The quantitative estimate of drug-likeness (QED) is 0.935. The van der Waals surface area contributed by atoms with Crippen molar-refractivity contribution in [2.24, 2.45) is 0 Å². The second kappa shape index (κ2) is 6.60. The molecule has 6 nitrogen and oxygen atoms in total. The Morgan fingerprint density at radius 1 is 1.50 bits per heavy atom. The van der Waals surface area contributed by atoms with Gasteiger partial charge in [0.25, 0.3) is 5.91 Å². The highest BCUT2D eigenvalue weighted by Gasteiger charge is 2.23. The van der Waals surface area contributed by atoms with Crippen LogP contribution in [0.3, 0.4) is 0 Å². The molecular formula is C16H20N4O2. The molecule has 0 spiro atoms. The van der Waals surface area contributed by atoms with Gasteiger partial charge in [0.05, 0.1) is 0 Å². The predicted molar refractivity (Wildman–Crippen MR) is 82.8 cm³/mol. The van der Waals surface area contributed by atoms with Gasteiger partial charge in [0.15, 0.2) is 5.69 Å². The molecule has 0 radical (unpaired) electrons. The number of hydrogen-bond acceptors (Lipinski definition) is 5. The van der Waals surface area contributed by atoms with Crippen molar-refractivity contribution < 1.29 is 9.32 Å². The molecule has 3 heterocycles. The number of aryl methyl sites for hydroxylation is 1. The molecule has 2 aromatic rings. The van der Waals surface area contributed by atoms with Crippen LogP contribution in [0.1, 0.15) is 36.0 Å². The van der Waals surface area contributed by atoms with Crippen LogP contribution in [-0.2, 0) is 6.42 Å². The van der Waals surface area contributed by atoms with Crippen LogP contribution in [-0.4, -0.2) is 35.2 Å². The summed E-state index contributed by atoms with van der Waals surface area (Å²) >= 11 is 0. The van der Waals surface area contributed by atoms with Crippen LogP contribution < -0.4 is 10.2 Å². The Morgan fingerprint density at radius 3 is 3.14 bits per heavy atom. The van der Waals surface area contributed by atoms with Crippen LogP contribution in [0.25, 0.3) is 0 Å². The van der Waals surface area contributed by atoms with E-state index < -0.39 is 0 Å². The number of anilines is 1. The van der Waals surface area contributed by atoms with E-state index >= 15 is 0 Å². The third kappa shape index (κ3) is 3.27. The van der Waals surface area contributed by atoms with Crippen LogP contribution in [0.2, 0.25) is 0 Å². The van der Waals surface area contributed by atoms with Crippen molar-refractivity contribution in [3.8, 4) is 0 Å². The summed E-state index contributed by atoms with van der Waals surface area (Å²) in [7, 11) is 0. The Hall–Kier alpha value is -2.37. The van der Waals surface area contributed by atoms with Gasteiger partial charge in [0.1, 0.15) is 11.6 Å². The number of nitrogens with zero attached hydrogens (tertiary/aromatic N) is 3. The van der Waals surface area contributed by atoms with E-state index in [0.717, 1.165) is 43.9 Å². The van der Waals surface area contributed by atoms with Crippen molar-refractivity contribution in [2.45, 2.75) is 32.2 Å². The van der Waals surface area contributed by atoms with E-state index in [9.17, 15) is 4.79 Å². The number of amides is 1. The second-order valence-electron chi connectivity index (χ2n) is 5.48. The highest BCUT2D eigenvalue weighted by Crippen LogP contribution is 2.17. The lowest BCUT2D eigenvalue weighted by molar-refractivity contribution is 0.0924. The zero-order chi connectivity index (χ0) is 15.4. The van der Waals surface area contributed by atoms with E-state index in [-0.39, 0.29) is 11.9 Å². The van der Waals surface area contributed by atoms with Crippen molar-refractivity contribution in [1.29, 1.82) is 0 Å². The molecule has 1 amide bonds. The molecule has 1 saturated heterocycles. The van der Waals surface area contributed by atoms with E-state index in [1.807, 2.05) is 25.1 Å². The highest BCUT2D eigenvalue weighted by molar-refractivity contribution is 5.92. The van der Waals surface area contributed by atoms with E-state index in [1.54, 1.807) is 12.3 Å². The Kier molecular flexibility index (Phi) is 4.37. The van der Waals surface area contributed by atoms with Gasteiger partial charge in [-0.05, 0) is 25.0 Å². The predicted octanol–water partition coefficient (Wildman–Crippen LogP) is 2.03. The number of pyridine rings is 1. The lowest BCUT2D eigenvalue weighted by Gasteiger charge is -2.33. The van der Waals surface area contributed by atoms with Crippen molar-refractivity contribution in [1.82, 2.24) is 15.5 Å². The average molecular weight is 300 g/mol. The third-order valence-corrected chi connectivity index (χ3v) is 3.87. The molecule has 0 aliphatic carbocycles. The van der Waals surface area contributed by atoms with Crippen molar-refractivity contribution in [3.05, 3.63) is 41.9 Å². The number of nitrogens with one attached hydrogen (secondary N) is 1. The summed E-state index contributed by atoms with van der Waals surface area (Å²) in [6, 6.07) is 7.68. The molecule has 2 aromatic heterocycles. The first-order valence-corrected chi connectivity index (χ1v) is 7.68. The topological polar surface area (TPSA) is 71.3 Å². The molecule has 0 aromatic carbocycles. The summed E-state index contributed by atoms with van der Waals surface area (Å²) in [4.78, 5) is 18.8. The molecular weight excluding hydrogens is 280 g/mol. The molecule has 1 N–H and O–H groups in total. The van der Waals surface area contributed by atoms with Gasteiger partial charge in [0, 0.05) is 37.8 Å². The standard InChI is InChI=1S/C16H20N4O2/c1-2-13-10-14(19-22-13)16(21)18-12-6-5-9-20(11-12)15-7-3-4-8-17-15/h3-4,7-8,10,12H,2,5-6,9,11H2,1H3,(H,18,21). The Morgan fingerprint density at radius 2 is 2.41 bits per heavy atom. The van der Waals surface area contributed by atoms with E-state index in [2.05, 4.69) is 20.4 Å². The zero-order valence-corrected chi connectivity index (χ0v) is 12.7. The summed E-state index contributed by atoms with van der Waals surface area (Å²) in [6.45, 7) is 3.70. The molecule has 1 unspecified atom stereocenters. The summed E-state index contributed by atoms with van der Waals surface area (Å²) in [5.74, 6) is 1.51. The molecule has 1 aliphatic rings. The molecule has 6 heteroatoms. The molecule has 1 atom stereocenters. The van der Waals surface area contributed by atoms with E-state index in [4.69, 9.17) is 4.52 Å². The largest absolute Gasteiger partial charge is 0.361 e. The number of rotatable bonds is 4. The van der Waals surface area contributed by atoms with Crippen molar-refractivity contribution >= 4 is 11.7 Å². The molecule has 116 valence electrons. The Balaban J connectivity index is 1.61. The molecule has 0 saturated carbocycles. The van der Waals surface area contributed by atoms with Gasteiger partial charge in [-0.3, -0.25) is 4.79 Å². The normalized spacial score (nSPS) is 18.2. The van der Waals surface area contributed by atoms with Gasteiger partial charge in [-0.15, -0.1) is 0 Å². The summed E-state index contributed by atoms with van der Waals surface area (Å²) < 4.78 is 5.08. The Labute approximate surface area is 129 Å². The van der Waals surface area contributed by atoms with Gasteiger partial charge in [-0.25, -0.2) is 4.98 Å². The van der Waals surface area contributed by atoms with Gasteiger partial charge in [-0.2, -0.15) is 0 Å². The maximum atomic E-state index is 12.2. The number of carbonyl (C=O) groups is 1. The molecule has 1 fully saturated rings. The SMILES string of the molecule is CCc1cc(C(=O)NC2CCCN(c3ccccn3)C2)no1. The van der Waals surface area contributed by atoms with E-state index in [0.29, 0.717) is 5.69 Å². The van der Waals surface area contributed by atoms with Gasteiger partial charge in [0.2, 0.25) is 0 Å². The fraction of sp³-hybridized carbons (Fsp3) is 0.438. The van der Waals surface area contributed by atoms with Crippen LogP contribution in [0.4, 0.5) is 5.82 Å². The minimum atomic E-state index is -0.170. The molecule has 1 aliphatic heterocycles. The maximum absolute atomic E-state index is 12.2.